The van der Waals surface area contributed by atoms with Crippen molar-refractivity contribution in [2.45, 2.75) is 87.8 Å². The van der Waals surface area contributed by atoms with Crippen LogP contribution in [0.25, 0.3) is 0 Å². The maximum Gasteiger partial charge on any atom is 0.249 e. The largest absolute Gasteiger partial charge is 0.365 e. The minimum Gasteiger partial charge on any atom is -0.365 e. The number of carbonyl (C=O) groups excluding carboxylic acids is 2. The molecule has 2 saturated carbocycles. The fraction of sp³-hybridized carbons (Fsp3) is 0.688. The highest BCUT2D eigenvalue weighted by atomic mass is 16.5. The number of fused-ring (bicyclic) bond motifs is 7. The number of piperidine rings is 1. The van der Waals surface area contributed by atoms with Crippen molar-refractivity contribution in [3.8, 4) is 0 Å². The molecule has 6 aliphatic heterocycles. The van der Waals surface area contributed by atoms with Crippen molar-refractivity contribution in [2.24, 2.45) is 11.3 Å². The summed E-state index contributed by atoms with van der Waals surface area (Å²) in [5, 5.41) is 19.1. The molecule has 0 aromatic heterocycles. The van der Waals surface area contributed by atoms with Crippen molar-refractivity contribution >= 4 is 17.5 Å². The molecule has 230 valence electrons. The van der Waals surface area contributed by atoms with Crippen molar-refractivity contribution in [1.82, 2.24) is 35.8 Å². The van der Waals surface area contributed by atoms with Crippen LogP contribution in [0.2, 0.25) is 0 Å². The first-order valence-corrected chi connectivity index (χ1v) is 16.5. The number of morpholine rings is 1. The number of amides is 2. The van der Waals surface area contributed by atoms with E-state index < -0.39 is 0 Å². The van der Waals surface area contributed by atoms with E-state index in [4.69, 9.17) is 4.74 Å². The van der Waals surface area contributed by atoms with Gasteiger partial charge in [0.1, 0.15) is 19.1 Å². The summed E-state index contributed by atoms with van der Waals surface area (Å²) in [6.07, 6.45) is 12.3. The third kappa shape index (κ3) is 4.30. The Bertz CT molecular complexity index is 1360. The molecule has 4 N–H and O–H groups in total. The van der Waals surface area contributed by atoms with Crippen LogP contribution in [0.4, 0.5) is 5.69 Å². The third-order valence-electron chi connectivity index (χ3n) is 11.8. The molecule has 2 spiro atoms. The predicted octanol–water partition coefficient (Wildman–Crippen LogP) is 1.06. The van der Waals surface area contributed by atoms with Crippen LogP contribution < -0.4 is 21.3 Å². The Kier molecular flexibility index (Phi) is 6.07. The van der Waals surface area contributed by atoms with Crippen molar-refractivity contribution in [3.63, 3.8) is 0 Å². The fourth-order valence-corrected chi connectivity index (χ4v) is 8.86. The Labute approximate surface area is 253 Å². The number of hydrazine groups is 1. The molecule has 2 aliphatic carbocycles. The number of hydrogen-bond donors (Lipinski definition) is 4. The molecule has 6 atom stereocenters. The summed E-state index contributed by atoms with van der Waals surface area (Å²) in [5.74, 6) is 0.0242. The molecule has 1 aromatic rings. The molecule has 43 heavy (non-hydrogen) atoms. The number of ether oxygens (including phenoxy) is 1. The second kappa shape index (κ2) is 9.73. The Morgan fingerprint density at radius 2 is 1.93 bits per heavy atom. The number of rotatable bonds is 2. The molecule has 11 heteroatoms. The summed E-state index contributed by atoms with van der Waals surface area (Å²) in [6.45, 7) is 3.23. The van der Waals surface area contributed by atoms with E-state index in [2.05, 4.69) is 73.5 Å². The molecule has 6 fully saturated rings. The van der Waals surface area contributed by atoms with E-state index in [1.807, 2.05) is 5.01 Å². The fourth-order valence-electron chi connectivity index (χ4n) is 8.86. The van der Waals surface area contributed by atoms with Crippen LogP contribution in [-0.4, -0.2) is 102 Å². The lowest BCUT2D eigenvalue weighted by molar-refractivity contribution is -0.178. The third-order valence-corrected chi connectivity index (χ3v) is 11.8. The van der Waals surface area contributed by atoms with E-state index in [-0.39, 0.29) is 66.2 Å². The van der Waals surface area contributed by atoms with Gasteiger partial charge in [-0.05, 0) is 87.1 Å². The molecule has 8 aliphatic rings. The van der Waals surface area contributed by atoms with Crippen LogP contribution in [-0.2, 0) is 26.3 Å². The van der Waals surface area contributed by atoms with Gasteiger partial charge in [0.2, 0.25) is 11.8 Å². The second-order valence-corrected chi connectivity index (χ2v) is 14.3. The van der Waals surface area contributed by atoms with Crippen LogP contribution in [0.5, 0.6) is 0 Å². The number of likely N-dealkylation sites (N-methyl/N-ethyl adjacent to an activating group) is 1. The predicted molar refractivity (Wildman–Crippen MR) is 160 cm³/mol. The van der Waals surface area contributed by atoms with Crippen LogP contribution in [0, 0.1) is 11.3 Å². The van der Waals surface area contributed by atoms with Crippen molar-refractivity contribution in [3.05, 3.63) is 41.5 Å². The molecule has 0 radical (unpaired) electrons. The number of benzene rings is 1. The van der Waals surface area contributed by atoms with Crippen LogP contribution >= 0.6 is 0 Å². The van der Waals surface area contributed by atoms with Crippen molar-refractivity contribution in [2.75, 3.05) is 45.2 Å². The van der Waals surface area contributed by atoms with E-state index in [0.717, 1.165) is 57.3 Å². The molecule has 1 aromatic carbocycles. The zero-order valence-corrected chi connectivity index (χ0v) is 25.1. The first kappa shape index (κ1) is 26.8. The highest BCUT2D eigenvalue weighted by molar-refractivity contribution is 5.82. The average molecular weight is 589 g/mol. The van der Waals surface area contributed by atoms with E-state index in [0.29, 0.717) is 13.1 Å². The SMILES string of the molecule is CN1CCc2ccc(NC3NCC4C(=O)N5C/C=C\CC6(CC6)CN6C(=O)COC7CCC(NC76)N5C4N3)cc2C12CC2. The van der Waals surface area contributed by atoms with Gasteiger partial charge in [0.25, 0.3) is 0 Å². The zero-order chi connectivity index (χ0) is 28.9. The van der Waals surface area contributed by atoms with Gasteiger partial charge >= 0.3 is 0 Å². The number of nitrogens with one attached hydrogen (secondary N) is 4. The van der Waals surface area contributed by atoms with Crippen molar-refractivity contribution < 1.29 is 14.3 Å². The van der Waals surface area contributed by atoms with Crippen LogP contribution in [0.15, 0.2) is 30.4 Å². The van der Waals surface area contributed by atoms with Gasteiger partial charge in [-0.2, -0.15) is 5.01 Å². The molecule has 6 unspecified atom stereocenters. The van der Waals surface area contributed by atoms with Gasteiger partial charge in [-0.15, -0.1) is 0 Å². The van der Waals surface area contributed by atoms with Crippen LogP contribution in [0.1, 0.15) is 56.1 Å². The lowest BCUT2D eigenvalue weighted by Gasteiger charge is -2.51. The minimum atomic E-state index is -0.196. The Morgan fingerprint density at radius 3 is 2.77 bits per heavy atom. The first-order chi connectivity index (χ1) is 20.9. The average Bonchev–Trinajstić information content (AvgIpc) is 3.94. The standard InChI is InChI=1S/C32H44N8O3/c1-37-15-8-20-4-5-21(16-23(20)32(37)12-13-32)34-30-33-17-22-27(36-30)40-25-7-6-24-28(35-25)38(26(41)18-43-24)19-31(10-11-31)9-2-3-14-39(40)29(22)42/h2-5,16,22,24-25,27-28,30,33-36H,6-15,17-19H2,1H3/b3-2-. The monoisotopic (exact) mass is 588 g/mol. The lowest BCUT2D eigenvalue weighted by Crippen LogP contribution is -2.72. The van der Waals surface area contributed by atoms with E-state index in [1.54, 1.807) is 0 Å². The Morgan fingerprint density at radius 1 is 1.05 bits per heavy atom. The zero-order valence-electron chi connectivity index (χ0n) is 25.1. The number of allylic oxidation sites excluding steroid dienone is 1. The van der Waals surface area contributed by atoms with E-state index in [9.17, 15) is 9.59 Å². The minimum absolute atomic E-state index is 0.0148. The topological polar surface area (TPSA) is 104 Å². The molecule has 6 heterocycles. The van der Waals surface area contributed by atoms with Gasteiger partial charge in [-0.3, -0.25) is 35.4 Å². The van der Waals surface area contributed by atoms with E-state index >= 15 is 0 Å². The summed E-state index contributed by atoms with van der Waals surface area (Å²) >= 11 is 0. The molecule has 2 bridgehead atoms. The van der Waals surface area contributed by atoms with Gasteiger partial charge in [-0.25, -0.2) is 0 Å². The smallest absolute Gasteiger partial charge is 0.249 e. The number of anilines is 1. The van der Waals surface area contributed by atoms with Gasteiger partial charge in [-0.1, -0.05) is 18.2 Å². The second-order valence-electron chi connectivity index (χ2n) is 14.3. The number of hydrogen-bond acceptors (Lipinski definition) is 9. The summed E-state index contributed by atoms with van der Waals surface area (Å²) in [6, 6.07) is 6.85. The normalized spacial score (nSPS) is 38.5. The highest BCUT2D eigenvalue weighted by Crippen LogP contribution is 2.54. The van der Waals surface area contributed by atoms with Gasteiger partial charge in [0.15, 0.2) is 0 Å². The highest BCUT2D eigenvalue weighted by Gasteiger charge is 2.55. The summed E-state index contributed by atoms with van der Waals surface area (Å²) in [7, 11) is 2.26. The maximum absolute atomic E-state index is 13.9. The summed E-state index contributed by atoms with van der Waals surface area (Å²) in [4.78, 5) is 31.6. The van der Waals surface area contributed by atoms with Crippen LogP contribution in [0.3, 0.4) is 0 Å². The summed E-state index contributed by atoms with van der Waals surface area (Å²) < 4.78 is 6.04. The lowest BCUT2D eigenvalue weighted by atomic mass is 9.90. The van der Waals surface area contributed by atoms with Gasteiger partial charge < -0.3 is 15.0 Å². The van der Waals surface area contributed by atoms with E-state index in [1.165, 1.54) is 24.0 Å². The molecule has 9 rings (SSSR count). The Hall–Kier alpha value is -2.54. The molecular formula is C32H44N8O3. The molecule has 2 amide bonds. The number of nitrogens with zero attached hydrogens (tertiary/aromatic N) is 4. The quantitative estimate of drug-likeness (QED) is 0.378. The first-order valence-electron chi connectivity index (χ1n) is 16.5. The molecule has 11 nitrogen and oxygen atoms in total. The molecule has 4 saturated heterocycles. The maximum atomic E-state index is 13.9. The molecular weight excluding hydrogens is 544 g/mol. The van der Waals surface area contributed by atoms with Crippen molar-refractivity contribution in [1.29, 1.82) is 0 Å². The Balaban J connectivity index is 0.988. The summed E-state index contributed by atoms with van der Waals surface area (Å²) in [5.41, 5.74) is 4.43. The van der Waals surface area contributed by atoms with Gasteiger partial charge in [0.05, 0.1) is 30.9 Å². The van der Waals surface area contributed by atoms with Gasteiger partial charge in [0, 0.05) is 30.9 Å². The number of carbonyl (C=O) groups is 2.